The number of hydrogen-bond acceptors (Lipinski definition) is 0. The van der Waals surface area contributed by atoms with Gasteiger partial charge in [-0.15, -0.1) is 0 Å². The maximum atomic E-state index is 0. The summed E-state index contributed by atoms with van der Waals surface area (Å²) in [5.74, 6) is 0. The second-order valence-electron chi connectivity index (χ2n) is 0. The van der Waals surface area contributed by atoms with Crippen LogP contribution in [0.4, 0.5) is 0 Å². The average molecular weight is 450 g/mol. The Balaban J connectivity index is 0. The van der Waals surface area contributed by atoms with E-state index in [1.165, 1.54) is 0 Å². The van der Waals surface area contributed by atoms with Crippen LogP contribution >= 0.6 is 0 Å². The summed E-state index contributed by atoms with van der Waals surface area (Å²) in [6.07, 6.45) is 0. The molecule has 4 heavy (non-hydrogen) atoms. The maximum Gasteiger partial charge on any atom is 0 e. The van der Waals surface area contributed by atoms with Gasteiger partial charge in [0, 0.05) is 89.8 Å². The Bertz CT molecular complexity index is 8.00. The molecule has 0 aliphatic rings. The Hall–Kier alpha value is 2.95. The van der Waals surface area contributed by atoms with Crippen molar-refractivity contribution < 1.29 is 21.7 Å². The van der Waals surface area contributed by atoms with Crippen LogP contribution in [0.1, 0.15) is 0 Å². The second kappa shape index (κ2) is 16.7. The van der Waals surface area contributed by atoms with Crippen LogP contribution in [0.25, 0.3) is 0 Å². The summed E-state index contributed by atoms with van der Waals surface area (Å²) >= 11 is 0. The Labute approximate surface area is 88.1 Å². The summed E-state index contributed by atoms with van der Waals surface area (Å²) in [6.45, 7) is 0. The topological polar surface area (TPSA) is 0 Å². The molecule has 0 atom stereocenters. The zero-order chi connectivity index (χ0) is 0. The van der Waals surface area contributed by atoms with Crippen LogP contribution in [0.3, 0.4) is 0 Å². The van der Waals surface area contributed by atoms with E-state index >= 15 is 0 Å². The molecule has 18 valence electrons. The van der Waals surface area contributed by atoms with E-state index in [0.29, 0.717) is 0 Å². The first kappa shape index (κ1) is 28.2. The van der Waals surface area contributed by atoms with Crippen LogP contribution in [0.5, 0.6) is 0 Å². The molecule has 0 aliphatic carbocycles. The van der Waals surface area contributed by atoms with Gasteiger partial charge in [0.1, 0.15) is 0 Å². The normalized spacial score (nSPS) is 0. The molecule has 0 bridgehead atoms. The van der Waals surface area contributed by atoms with Crippen molar-refractivity contribution in [2.24, 2.45) is 0 Å². The Kier molecular flexibility index (Phi) is 118. The molecule has 0 N–H and O–H groups in total. The first-order chi connectivity index (χ1) is 0. The molecular weight excluding hydrogens is 450 g/mol. The van der Waals surface area contributed by atoms with E-state index in [1.807, 2.05) is 0 Å². The predicted molar refractivity (Wildman–Crippen MR) is 17.3 cm³/mol. The Morgan fingerprint density at radius 3 is 1.00 bits per heavy atom. The summed E-state index contributed by atoms with van der Waals surface area (Å²) < 4.78 is 0. The van der Waals surface area contributed by atoms with Gasteiger partial charge >= 0.3 is 0 Å². The largest absolute Gasteiger partial charge is 0 e. The SMILES string of the molecule is [As].[Bi].[Sn].[Ti]. The first-order valence-electron chi connectivity index (χ1n) is 0. The van der Waals surface area contributed by atoms with Crippen molar-refractivity contribution in [2.75, 3.05) is 0 Å². The molecule has 0 spiro atoms. The third-order valence-electron chi connectivity index (χ3n) is 0. The van der Waals surface area contributed by atoms with E-state index < -0.39 is 0 Å². The molecule has 10 radical (unpaired) electrons. The minimum atomic E-state index is 0. The molecule has 0 fully saturated rings. The van der Waals surface area contributed by atoms with E-state index in [4.69, 9.17) is 0 Å². The van der Waals surface area contributed by atoms with Crippen molar-refractivity contribution in [3.63, 3.8) is 0 Å². The fraction of sp³-hybridized carbons (Fsp3) is 0. The van der Waals surface area contributed by atoms with Gasteiger partial charge in [-0.25, -0.2) is 0 Å². The molecule has 0 saturated carbocycles. The van der Waals surface area contributed by atoms with Crippen LogP contribution in [0.2, 0.25) is 0 Å². The quantitative estimate of drug-likeness (QED) is 0.410. The van der Waals surface area contributed by atoms with E-state index in [2.05, 4.69) is 0 Å². The van der Waals surface area contributed by atoms with Gasteiger partial charge in [0.2, 0.25) is 0 Å². The summed E-state index contributed by atoms with van der Waals surface area (Å²) in [6, 6.07) is 0. The van der Waals surface area contributed by atoms with E-state index in [1.54, 1.807) is 0 Å². The van der Waals surface area contributed by atoms with Crippen molar-refractivity contribution in [1.29, 1.82) is 0 Å². The van der Waals surface area contributed by atoms with Gasteiger partial charge in [-0.05, 0) is 0 Å². The molecule has 0 aliphatic heterocycles. The summed E-state index contributed by atoms with van der Waals surface area (Å²) in [5.41, 5.74) is 0. The molecule has 0 unspecified atom stereocenters. The monoisotopic (exact) mass is 452 g/mol. The Morgan fingerprint density at radius 2 is 1.00 bits per heavy atom. The first-order valence-corrected chi connectivity index (χ1v) is 0. The minimum absolute atomic E-state index is 0. The number of rotatable bonds is 0. The zero-order valence-corrected chi connectivity index (χ0v) is 11.7. The van der Waals surface area contributed by atoms with Gasteiger partial charge in [0.25, 0.3) is 0 Å². The van der Waals surface area contributed by atoms with Gasteiger partial charge in [0.15, 0.2) is 0 Å². The molecule has 0 heterocycles. The van der Waals surface area contributed by atoms with Crippen LogP contribution in [-0.2, 0) is 21.7 Å². The van der Waals surface area contributed by atoms with Gasteiger partial charge in [-0.3, -0.25) is 0 Å². The average Bonchev–Trinajstić information content (AvgIpc) is 0. The zero-order valence-electron chi connectivity index (χ0n) is 1.89. The minimum Gasteiger partial charge on any atom is 0 e. The molecular formula is AsBiSnTi. The van der Waals surface area contributed by atoms with Crippen LogP contribution in [0.15, 0.2) is 0 Å². The molecule has 0 aromatic carbocycles. The third kappa shape index (κ3) is 8.88. The molecule has 0 amide bonds. The van der Waals surface area contributed by atoms with Crippen molar-refractivity contribution >= 4 is 68.1 Å². The molecule has 0 aromatic heterocycles. The van der Waals surface area contributed by atoms with Gasteiger partial charge in [-0.2, -0.15) is 0 Å². The summed E-state index contributed by atoms with van der Waals surface area (Å²) in [5, 5.41) is 0. The van der Waals surface area contributed by atoms with E-state index in [0.717, 1.165) is 0 Å². The van der Waals surface area contributed by atoms with E-state index in [-0.39, 0.29) is 89.8 Å². The van der Waals surface area contributed by atoms with E-state index in [9.17, 15) is 0 Å². The van der Waals surface area contributed by atoms with Gasteiger partial charge < -0.3 is 0 Å². The van der Waals surface area contributed by atoms with Crippen molar-refractivity contribution in [1.82, 2.24) is 0 Å². The third-order valence-corrected chi connectivity index (χ3v) is 0. The van der Waals surface area contributed by atoms with Crippen LogP contribution in [0, 0.1) is 0 Å². The summed E-state index contributed by atoms with van der Waals surface area (Å²) in [7, 11) is 0. The van der Waals surface area contributed by atoms with Gasteiger partial charge in [0.05, 0.1) is 0 Å². The smallest absolute Gasteiger partial charge is 0 e. The van der Waals surface area contributed by atoms with Crippen molar-refractivity contribution in [3.05, 3.63) is 0 Å². The van der Waals surface area contributed by atoms with Crippen LogP contribution < -0.4 is 0 Å². The fourth-order valence-electron chi connectivity index (χ4n) is 0. The van der Waals surface area contributed by atoms with Crippen molar-refractivity contribution in [3.8, 4) is 0 Å². The molecule has 0 saturated heterocycles. The predicted octanol–water partition coefficient (Wildman–Crippen LogP) is -1.14. The van der Waals surface area contributed by atoms with Crippen molar-refractivity contribution in [2.45, 2.75) is 0 Å². The second-order valence-corrected chi connectivity index (χ2v) is 0. The van der Waals surface area contributed by atoms with Crippen LogP contribution in [-0.4, -0.2) is 68.1 Å². The molecule has 0 nitrogen and oxygen atoms in total. The molecule has 0 aromatic rings. The summed E-state index contributed by atoms with van der Waals surface area (Å²) in [4.78, 5) is 0. The molecule has 4 heteroatoms. The maximum absolute atomic E-state index is 0. The molecule has 0 rings (SSSR count). The van der Waals surface area contributed by atoms with Gasteiger partial charge in [-0.1, -0.05) is 0 Å². The standard InChI is InChI=1S/As.Bi.Sn.Ti. The number of hydrogen-bond donors (Lipinski definition) is 0. The fourth-order valence-corrected chi connectivity index (χ4v) is 0. The Morgan fingerprint density at radius 1 is 1.00 bits per heavy atom.